The van der Waals surface area contributed by atoms with Crippen LogP contribution in [-0.2, 0) is 19.1 Å². The van der Waals surface area contributed by atoms with Crippen LogP contribution in [0.2, 0.25) is 0 Å². The molecule has 6 heteroatoms. The number of nitrogens with one attached hydrogen (secondary N) is 1. The number of ether oxygens (including phenoxy) is 2. The van der Waals surface area contributed by atoms with E-state index in [1.165, 1.54) is 20.3 Å². The molecular weight excluding hydrogens is 325 g/mol. The number of aryl methyl sites for hydroxylation is 1. The Bertz CT molecular complexity index is 830. The second kappa shape index (κ2) is 8.10. The van der Waals surface area contributed by atoms with Gasteiger partial charge in [-0.05, 0) is 41.8 Å². The first-order chi connectivity index (χ1) is 11.9. The van der Waals surface area contributed by atoms with Crippen LogP contribution in [0.5, 0.6) is 0 Å². The molecule has 0 atom stereocenters. The summed E-state index contributed by atoms with van der Waals surface area (Å²) in [4.78, 5) is 23.2. The summed E-state index contributed by atoms with van der Waals surface area (Å²) >= 11 is 0. The van der Waals surface area contributed by atoms with Gasteiger partial charge in [-0.2, -0.15) is 0 Å². The molecule has 5 nitrogen and oxygen atoms in total. The molecule has 2 aromatic rings. The Morgan fingerprint density at radius 3 is 2.40 bits per heavy atom. The van der Waals surface area contributed by atoms with Crippen LogP contribution < -0.4 is 5.32 Å². The topological polar surface area (TPSA) is 64.6 Å². The average molecular weight is 343 g/mol. The molecule has 0 saturated heterocycles. The average Bonchev–Trinajstić information content (AvgIpc) is 2.62. The van der Waals surface area contributed by atoms with Gasteiger partial charge in [0.2, 0.25) is 0 Å². The maximum Gasteiger partial charge on any atom is 0.354 e. The number of rotatable bonds is 5. The van der Waals surface area contributed by atoms with E-state index in [1.54, 1.807) is 31.2 Å². The Morgan fingerprint density at radius 2 is 1.76 bits per heavy atom. The van der Waals surface area contributed by atoms with Gasteiger partial charge in [0.25, 0.3) is 0 Å². The Kier molecular flexibility index (Phi) is 5.89. The number of hydrogen-bond donors (Lipinski definition) is 1. The highest BCUT2D eigenvalue weighted by Gasteiger charge is 2.13. The van der Waals surface area contributed by atoms with Gasteiger partial charge >= 0.3 is 11.9 Å². The predicted molar refractivity (Wildman–Crippen MR) is 92.3 cm³/mol. The van der Waals surface area contributed by atoms with Crippen molar-refractivity contribution in [2.24, 2.45) is 0 Å². The van der Waals surface area contributed by atoms with Crippen molar-refractivity contribution < 1.29 is 23.5 Å². The molecule has 25 heavy (non-hydrogen) atoms. The molecule has 2 aromatic carbocycles. The molecule has 2 rings (SSSR count). The second-order valence-electron chi connectivity index (χ2n) is 5.24. The minimum atomic E-state index is -0.711. The molecule has 0 radical (unpaired) electrons. The SMILES string of the molecule is COC(=O)/C=C(/Nc1cccc(-c2ccc(C)c(F)c2)c1)C(=O)OC. The van der Waals surface area contributed by atoms with Crippen LogP contribution in [0.1, 0.15) is 5.56 Å². The van der Waals surface area contributed by atoms with Crippen LogP contribution in [0.4, 0.5) is 10.1 Å². The number of methoxy groups -OCH3 is 2. The van der Waals surface area contributed by atoms with E-state index >= 15 is 0 Å². The molecule has 0 amide bonds. The van der Waals surface area contributed by atoms with Crippen molar-refractivity contribution in [1.82, 2.24) is 0 Å². The number of hydrogen-bond acceptors (Lipinski definition) is 5. The number of carbonyl (C=O) groups excluding carboxylic acids is 2. The minimum absolute atomic E-state index is 0.0680. The molecular formula is C19H18FNO4. The summed E-state index contributed by atoms with van der Waals surface area (Å²) in [5.74, 6) is -1.70. The van der Waals surface area contributed by atoms with Crippen molar-refractivity contribution in [3.8, 4) is 11.1 Å². The highest BCUT2D eigenvalue weighted by Crippen LogP contribution is 2.25. The van der Waals surface area contributed by atoms with E-state index < -0.39 is 11.9 Å². The lowest BCUT2D eigenvalue weighted by atomic mass is 10.0. The van der Waals surface area contributed by atoms with E-state index in [0.29, 0.717) is 16.8 Å². The lowest BCUT2D eigenvalue weighted by Crippen LogP contribution is -2.15. The van der Waals surface area contributed by atoms with Crippen molar-refractivity contribution in [1.29, 1.82) is 0 Å². The smallest absolute Gasteiger partial charge is 0.354 e. The minimum Gasteiger partial charge on any atom is -0.466 e. The Morgan fingerprint density at radius 1 is 1.04 bits per heavy atom. The normalized spacial score (nSPS) is 11.0. The summed E-state index contributed by atoms with van der Waals surface area (Å²) in [6, 6.07) is 12.0. The Balaban J connectivity index is 2.33. The predicted octanol–water partition coefficient (Wildman–Crippen LogP) is 3.44. The highest BCUT2D eigenvalue weighted by atomic mass is 19.1. The number of halogens is 1. The van der Waals surface area contributed by atoms with E-state index in [4.69, 9.17) is 0 Å². The van der Waals surface area contributed by atoms with Crippen LogP contribution in [0.25, 0.3) is 11.1 Å². The van der Waals surface area contributed by atoms with Crippen molar-refractivity contribution in [2.45, 2.75) is 6.92 Å². The molecule has 0 aliphatic carbocycles. The largest absolute Gasteiger partial charge is 0.466 e. The zero-order valence-corrected chi connectivity index (χ0v) is 14.1. The summed E-state index contributed by atoms with van der Waals surface area (Å²) in [5.41, 5.74) is 2.49. The molecule has 0 heterocycles. The molecule has 0 aliphatic heterocycles. The fourth-order valence-electron chi connectivity index (χ4n) is 2.14. The van der Waals surface area contributed by atoms with Gasteiger partial charge in [0.05, 0.1) is 20.3 Å². The van der Waals surface area contributed by atoms with Gasteiger partial charge in [-0.1, -0.05) is 24.3 Å². The molecule has 0 aromatic heterocycles. The number of benzene rings is 2. The van der Waals surface area contributed by atoms with Crippen LogP contribution in [0.15, 0.2) is 54.2 Å². The molecule has 0 saturated carbocycles. The maximum absolute atomic E-state index is 13.8. The summed E-state index contributed by atoms with van der Waals surface area (Å²) in [5, 5.41) is 2.82. The quantitative estimate of drug-likeness (QED) is 0.665. The fourth-order valence-corrected chi connectivity index (χ4v) is 2.14. The molecule has 0 spiro atoms. The van der Waals surface area contributed by atoms with Crippen LogP contribution in [0.3, 0.4) is 0 Å². The molecule has 0 bridgehead atoms. The zero-order valence-electron chi connectivity index (χ0n) is 14.1. The fraction of sp³-hybridized carbons (Fsp3) is 0.158. The highest BCUT2D eigenvalue weighted by molar-refractivity contribution is 5.98. The van der Waals surface area contributed by atoms with Gasteiger partial charge in [-0.15, -0.1) is 0 Å². The van der Waals surface area contributed by atoms with Crippen LogP contribution in [-0.4, -0.2) is 26.2 Å². The molecule has 1 N–H and O–H groups in total. The van der Waals surface area contributed by atoms with Crippen molar-refractivity contribution in [2.75, 3.05) is 19.5 Å². The third-order valence-corrected chi connectivity index (χ3v) is 3.52. The zero-order chi connectivity index (χ0) is 18.4. The summed E-state index contributed by atoms with van der Waals surface area (Å²) in [6.07, 6.45) is 1.00. The van der Waals surface area contributed by atoms with Gasteiger partial charge < -0.3 is 14.8 Å². The van der Waals surface area contributed by atoms with Crippen molar-refractivity contribution in [3.05, 3.63) is 65.6 Å². The van der Waals surface area contributed by atoms with Crippen molar-refractivity contribution >= 4 is 17.6 Å². The lowest BCUT2D eigenvalue weighted by Gasteiger charge is -2.11. The van der Waals surface area contributed by atoms with Gasteiger partial charge in [-0.25, -0.2) is 14.0 Å². The third kappa shape index (κ3) is 4.67. The molecule has 0 fully saturated rings. The van der Waals surface area contributed by atoms with Gasteiger partial charge in [-0.3, -0.25) is 0 Å². The Hall–Kier alpha value is -3.15. The number of anilines is 1. The first kappa shape index (κ1) is 18.2. The van der Waals surface area contributed by atoms with Gasteiger partial charge in [0.15, 0.2) is 0 Å². The molecule has 130 valence electrons. The third-order valence-electron chi connectivity index (χ3n) is 3.52. The lowest BCUT2D eigenvalue weighted by molar-refractivity contribution is -0.138. The number of carbonyl (C=O) groups is 2. The first-order valence-electron chi connectivity index (χ1n) is 7.46. The molecule has 0 aliphatic rings. The first-order valence-corrected chi connectivity index (χ1v) is 7.46. The second-order valence-corrected chi connectivity index (χ2v) is 5.24. The molecule has 0 unspecified atom stereocenters. The Labute approximate surface area is 145 Å². The van der Waals surface area contributed by atoms with Gasteiger partial charge in [0, 0.05) is 5.69 Å². The monoisotopic (exact) mass is 343 g/mol. The standard InChI is InChI=1S/C19H18FNO4/c1-12-7-8-14(10-16(12)20)13-5-4-6-15(9-13)21-17(19(23)25-3)11-18(22)24-2/h4-11,21H,1-3H3/b17-11+. The maximum atomic E-state index is 13.8. The van der Waals surface area contributed by atoms with E-state index in [0.717, 1.165) is 11.6 Å². The summed E-state index contributed by atoms with van der Waals surface area (Å²) in [7, 11) is 2.42. The van der Waals surface area contributed by atoms with Crippen LogP contribution >= 0.6 is 0 Å². The van der Waals surface area contributed by atoms with E-state index in [1.807, 2.05) is 12.1 Å². The van der Waals surface area contributed by atoms with Gasteiger partial charge in [0.1, 0.15) is 11.5 Å². The summed E-state index contributed by atoms with van der Waals surface area (Å²) in [6.45, 7) is 1.69. The van der Waals surface area contributed by atoms with Crippen LogP contribution in [0, 0.1) is 12.7 Å². The van der Waals surface area contributed by atoms with E-state index in [2.05, 4.69) is 14.8 Å². The summed E-state index contributed by atoms with van der Waals surface area (Å²) < 4.78 is 22.9. The van der Waals surface area contributed by atoms with E-state index in [-0.39, 0.29) is 11.5 Å². The van der Waals surface area contributed by atoms with Crippen molar-refractivity contribution in [3.63, 3.8) is 0 Å². The van der Waals surface area contributed by atoms with E-state index in [9.17, 15) is 14.0 Å². The number of esters is 2.